The van der Waals surface area contributed by atoms with Crippen molar-refractivity contribution in [1.29, 1.82) is 0 Å². The molecule has 1 saturated heterocycles. The first-order chi connectivity index (χ1) is 5.52. The minimum atomic E-state index is -1.51. The fourth-order valence-corrected chi connectivity index (χ4v) is 1.40. The Bertz CT molecular complexity index is 196. The molecule has 1 heterocycles. The molecule has 0 saturated carbocycles. The van der Waals surface area contributed by atoms with Crippen LogP contribution in [0.15, 0.2) is 0 Å². The van der Waals surface area contributed by atoms with Gasteiger partial charge in [0, 0.05) is 0 Å². The fourth-order valence-electron chi connectivity index (χ4n) is 1.40. The predicted molar refractivity (Wildman–Crippen MR) is 40.2 cm³/mol. The zero-order chi connectivity index (χ0) is 9.35. The summed E-state index contributed by atoms with van der Waals surface area (Å²) in [5.41, 5.74) is 3.47. The van der Waals surface area contributed by atoms with E-state index in [-0.39, 0.29) is 13.0 Å². The first-order valence-corrected chi connectivity index (χ1v) is 3.83. The van der Waals surface area contributed by atoms with E-state index < -0.39 is 23.7 Å². The molecule has 1 amide bonds. The quantitative estimate of drug-likeness (QED) is 0.470. The van der Waals surface area contributed by atoms with Crippen molar-refractivity contribution >= 4 is 5.91 Å². The minimum absolute atomic E-state index is 0.0437. The van der Waals surface area contributed by atoms with Gasteiger partial charge in [0.2, 0.25) is 5.91 Å². The topological polar surface area (TPSA) is 92.8 Å². The van der Waals surface area contributed by atoms with Gasteiger partial charge in [-0.15, -0.1) is 0 Å². The Balaban J connectivity index is 2.84. The predicted octanol–water partition coefficient (Wildman–Crippen LogP) is -1.63. The van der Waals surface area contributed by atoms with Gasteiger partial charge in [0.25, 0.3) is 0 Å². The molecule has 1 fully saturated rings. The third-order valence-electron chi connectivity index (χ3n) is 2.28. The standard InChI is InChI=1S/C7H13NO4/c1-2-7(11)4(9)3-12-5(7)6(8)10/h4-5,9,11H,2-3H2,1H3,(H2,8,10). The van der Waals surface area contributed by atoms with Crippen LogP contribution >= 0.6 is 0 Å². The van der Waals surface area contributed by atoms with Gasteiger partial charge in [-0.1, -0.05) is 6.92 Å². The van der Waals surface area contributed by atoms with Gasteiger partial charge < -0.3 is 20.7 Å². The number of rotatable bonds is 2. The summed E-state index contributed by atoms with van der Waals surface area (Å²) in [6.45, 7) is 1.62. The highest BCUT2D eigenvalue weighted by Crippen LogP contribution is 2.29. The molecule has 0 aromatic carbocycles. The summed E-state index contributed by atoms with van der Waals surface area (Å²) >= 11 is 0. The Labute approximate surface area is 70.1 Å². The van der Waals surface area contributed by atoms with Crippen molar-refractivity contribution < 1.29 is 19.7 Å². The van der Waals surface area contributed by atoms with Gasteiger partial charge in [0.1, 0.15) is 11.7 Å². The maximum Gasteiger partial charge on any atom is 0.249 e. The molecule has 0 aromatic heterocycles. The van der Waals surface area contributed by atoms with E-state index in [0.29, 0.717) is 0 Å². The molecule has 0 aromatic rings. The lowest BCUT2D eigenvalue weighted by Gasteiger charge is -2.27. The summed E-state index contributed by atoms with van der Waals surface area (Å²) in [4.78, 5) is 10.7. The van der Waals surface area contributed by atoms with Crippen LogP contribution in [-0.2, 0) is 9.53 Å². The van der Waals surface area contributed by atoms with Gasteiger partial charge in [-0.05, 0) is 6.42 Å². The second kappa shape index (κ2) is 3.01. The highest BCUT2D eigenvalue weighted by molar-refractivity contribution is 5.80. The molecule has 5 nitrogen and oxygen atoms in total. The zero-order valence-electron chi connectivity index (χ0n) is 6.86. The highest BCUT2D eigenvalue weighted by Gasteiger charge is 2.51. The molecular weight excluding hydrogens is 162 g/mol. The van der Waals surface area contributed by atoms with Crippen molar-refractivity contribution in [3.8, 4) is 0 Å². The van der Waals surface area contributed by atoms with Crippen molar-refractivity contribution in [1.82, 2.24) is 0 Å². The Morgan fingerprint density at radius 1 is 1.83 bits per heavy atom. The maximum atomic E-state index is 10.7. The number of carbonyl (C=O) groups excluding carboxylic acids is 1. The third kappa shape index (κ3) is 1.20. The lowest BCUT2D eigenvalue weighted by molar-refractivity contribution is -0.140. The number of carbonyl (C=O) groups is 1. The molecule has 3 unspecified atom stereocenters. The van der Waals surface area contributed by atoms with Crippen molar-refractivity contribution in [3.63, 3.8) is 0 Å². The number of ether oxygens (including phenoxy) is 1. The van der Waals surface area contributed by atoms with Crippen LogP contribution in [0.5, 0.6) is 0 Å². The number of hydrogen-bond acceptors (Lipinski definition) is 4. The molecule has 1 rings (SSSR count). The van der Waals surface area contributed by atoms with Crippen molar-refractivity contribution in [2.75, 3.05) is 6.61 Å². The van der Waals surface area contributed by atoms with Crippen molar-refractivity contribution in [3.05, 3.63) is 0 Å². The van der Waals surface area contributed by atoms with E-state index in [0.717, 1.165) is 0 Å². The van der Waals surface area contributed by atoms with E-state index in [1.807, 2.05) is 0 Å². The maximum absolute atomic E-state index is 10.7. The average Bonchev–Trinajstić information content (AvgIpc) is 2.30. The fraction of sp³-hybridized carbons (Fsp3) is 0.857. The molecule has 0 bridgehead atoms. The minimum Gasteiger partial charge on any atom is -0.388 e. The highest BCUT2D eigenvalue weighted by atomic mass is 16.5. The van der Waals surface area contributed by atoms with Gasteiger partial charge in [-0.3, -0.25) is 4.79 Å². The number of hydrogen-bond donors (Lipinski definition) is 3. The van der Waals surface area contributed by atoms with Crippen LogP contribution in [0.4, 0.5) is 0 Å². The van der Waals surface area contributed by atoms with E-state index in [1.165, 1.54) is 0 Å². The summed E-state index contributed by atoms with van der Waals surface area (Å²) < 4.78 is 4.86. The van der Waals surface area contributed by atoms with Crippen molar-refractivity contribution in [2.45, 2.75) is 31.2 Å². The van der Waals surface area contributed by atoms with Gasteiger partial charge in [0.05, 0.1) is 6.61 Å². The van der Waals surface area contributed by atoms with Gasteiger partial charge >= 0.3 is 0 Å². The molecule has 0 spiro atoms. The second-order valence-corrected chi connectivity index (χ2v) is 2.98. The summed E-state index contributed by atoms with van der Waals surface area (Å²) in [5, 5.41) is 19.0. The molecule has 1 aliphatic heterocycles. The Kier molecular flexibility index (Phi) is 2.36. The van der Waals surface area contributed by atoms with Gasteiger partial charge in [-0.25, -0.2) is 0 Å². The number of primary amides is 1. The smallest absolute Gasteiger partial charge is 0.249 e. The third-order valence-corrected chi connectivity index (χ3v) is 2.28. The summed E-state index contributed by atoms with van der Waals surface area (Å²) in [5.74, 6) is -0.740. The molecule has 12 heavy (non-hydrogen) atoms. The van der Waals surface area contributed by atoms with Crippen LogP contribution in [-0.4, -0.2) is 40.5 Å². The number of aliphatic hydroxyl groups is 2. The van der Waals surface area contributed by atoms with Crippen molar-refractivity contribution in [2.24, 2.45) is 5.73 Å². The van der Waals surface area contributed by atoms with Crippen LogP contribution in [0.25, 0.3) is 0 Å². The van der Waals surface area contributed by atoms with Crippen LogP contribution in [0.1, 0.15) is 13.3 Å². The molecule has 5 heteroatoms. The lowest BCUT2D eigenvalue weighted by Crippen LogP contribution is -2.51. The SMILES string of the molecule is CCC1(O)C(O)COC1C(N)=O. The molecule has 0 radical (unpaired) electrons. The number of nitrogens with two attached hydrogens (primary N) is 1. The molecule has 70 valence electrons. The Morgan fingerprint density at radius 3 is 2.75 bits per heavy atom. The Morgan fingerprint density at radius 2 is 2.42 bits per heavy atom. The van der Waals surface area contributed by atoms with E-state index in [1.54, 1.807) is 6.92 Å². The monoisotopic (exact) mass is 175 g/mol. The van der Waals surface area contributed by atoms with Gasteiger partial charge in [0.15, 0.2) is 6.10 Å². The molecule has 1 aliphatic rings. The number of aliphatic hydroxyl groups excluding tert-OH is 1. The normalized spacial score (nSPS) is 41.6. The first kappa shape index (κ1) is 9.44. The van der Waals surface area contributed by atoms with Crippen LogP contribution in [0, 0.1) is 0 Å². The summed E-state index contributed by atoms with van der Waals surface area (Å²) in [7, 11) is 0. The van der Waals surface area contributed by atoms with E-state index in [9.17, 15) is 15.0 Å². The summed E-state index contributed by atoms with van der Waals surface area (Å²) in [6, 6.07) is 0. The zero-order valence-corrected chi connectivity index (χ0v) is 6.86. The van der Waals surface area contributed by atoms with Crippen LogP contribution in [0.2, 0.25) is 0 Å². The van der Waals surface area contributed by atoms with Crippen LogP contribution in [0.3, 0.4) is 0 Å². The number of amides is 1. The average molecular weight is 175 g/mol. The summed E-state index contributed by atoms with van der Waals surface area (Å²) in [6.07, 6.45) is -1.88. The lowest BCUT2D eigenvalue weighted by atomic mass is 9.90. The molecular formula is C7H13NO4. The molecule has 4 N–H and O–H groups in total. The van der Waals surface area contributed by atoms with Crippen LogP contribution < -0.4 is 5.73 Å². The largest absolute Gasteiger partial charge is 0.388 e. The second-order valence-electron chi connectivity index (χ2n) is 2.98. The first-order valence-electron chi connectivity index (χ1n) is 3.83. The molecule has 0 aliphatic carbocycles. The Hall–Kier alpha value is -0.650. The molecule has 3 atom stereocenters. The van der Waals surface area contributed by atoms with Gasteiger partial charge in [-0.2, -0.15) is 0 Å². The van der Waals surface area contributed by atoms with E-state index in [2.05, 4.69) is 0 Å². The van der Waals surface area contributed by atoms with E-state index in [4.69, 9.17) is 10.5 Å². The van der Waals surface area contributed by atoms with E-state index >= 15 is 0 Å².